The summed E-state index contributed by atoms with van der Waals surface area (Å²) in [5, 5.41) is 10.0. The Balaban J connectivity index is 1.49. The highest BCUT2D eigenvalue weighted by atomic mass is 32.1. The molecule has 0 radical (unpaired) electrons. The monoisotopic (exact) mass is 380 g/mol. The van der Waals surface area contributed by atoms with E-state index in [0.717, 1.165) is 21.8 Å². The van der Waals surface area contributed by atoms with Crippen LogP contribution in [0.1, 0.15) is 23.1 Å². The fourth-order valence-electron chi connectivity index (χ4n) is 2.70. The van der Waals surface area contributed by atoms with Crippen LogP contribution in [0.3, 0.4) is 0 Å². The SMILES string of the molecule is O=C(Cc1csc(-c2ccsc2)n1)N[C@H](c1ccccc1)c1ccco1. The van der Waals surface area contributed by atoms with E-state index >= 15 is 0 Å². The molecule has 0 spiro atoms. The molecule has 26 heavy (non-hydrogen) atoms. The number of nitrogens with one attached hydrogen (secondary N) is 1. The summed E-state index contributed by atoms with van der Waals surface area (Å²) in [4.78, 5) is 17.2. The highest BCUT2D eigenvalue weighted by Crippen LogP contribution is 2.26. The van der Waals surface area contributed by atoms with Crippen molar-refractivity contribution in [1.29, 1.82) is 0 Å². The van der Waals surface area contributed by atoms with Gasteiger partial charge in [0.25, 0.3) is 0 Å². The van der Waals surface area contributed by atoms with Crippen LogP contribution in [0.25, 0.3) is 10.6 Å². The predicted molar refractivity (Wildman–Crippen MR) is 104 cm³/mol. The van der Waals surface area contributed by atoms with E-state index in [1.165, 1.54) is 0 Å². The Morgan fingerprint density at radius 2 is 2.00 bits per heavy atom. The number of nitrogens with zero attached hydrogens (tertiary/aromatic N) is 1. The van der Waals surface area contributed by atoms with E-state index in [0.29, 0.717) is 5.76 Å². The number of furan rings is 1. The molecule has 4 rings (SSSR count). The number of benzene rings is 1. The Bertz CT molecular complexity index is 961. The van der Waals surface area contributed by atoms with Gasteiger partial charge in [0, 0.05) is 16.3 Å². The van der Waals surface area contributed by atoms with Crippen molar-refractivity contribution >= 4 is 28.6 Å². The minimum Gasteiger partial charge on any atom is -0.467 e. The Morgan fingerprint density at radius 1 is 1.12 bits per heavy atom. The van der Waals surface area contributed by atoms with E-state index in [4.69, 9.17) is 4.42 Å². The summed E-state index contributed by atoms with van der Waals surface area (Å²) in [5.74, 6) is 0.624. The Hall–Kier alpha value is -2.70. The summed E-state index contributed by atoms with van der Waals surface area (Å²) in [5.41, 5.74) is 2.86. The first kappa shape index (κ1) is 16.8. The molecule has 1 N–H and O–H groups in total. The van der Waals surface area contributed by atoms with Crippen LogP contribution in [0.15, 0.2) is 75.4 Å². The molecule has 1 amide bonds. The molecule has 0 fully saturated rings. The quantitative estimate of drug-likeness (QED) is 0.517. The number of aromatic nitrogens is 1. The molecule has 0 saturated heterocycles. The van der Waals surface area contributed by atoms with Crippen molar-refractivity contribution in [2.24, 2.45) is 0 Å². The van der Waals surface area contributed by atoms with Crippen molar-refractivity contribution in [2.45, 2.75) is 12.5 Å². The zero-order valence-corrected chi connectivity index (χ0v) is 15.4. The van der Waals surface area contributed by atoms with E-state index in [2.05, 4.69) is 15.7 Å². The van der Waals surface area contributed by atoms with Gasteiger partial charge >= 0.3 is 0 Å². The van der Waals surface area contributed by atoms with Crippen LogP contribution >= 0.6 is 22.7 Å². The number of amides is 1. The summed E-state index contributed by atoms with van der Waals surface area (Å²) < 4.78 is 5.53. The molecular weight excluding hydrogens is 364 g/mol. The number of rotatable bonds is 6. The van der Waals surface area contributed by atoms with Crippen LogP contribution in [0.5, 0.6) is 0 Å². The molecule has 0 aliphatic rings. The molecule has 1 aromatic carbocycles. The molecule has 0 bridgehead atoms. The van der Waals surface area contributed by atoms with Crippen LogP contribution in [-0.2, 0) is 11.2 Å². The first-order valence-electron chi connectivity index (χ1n) is 8.14. The Morgan fingerprint density at radius 3 is 2.73 bits per heavy atom. The molecule has 0 saturated carbocycles. The van der Waals surface area contributed by atoms with Crippen LogP contribution in [0, 0.1) is 0 Å². The molecule has 0 unspecified atom stereocenters. The second kappa shape index (κ2) is 7.68. The highest BCUT2D eigenvalue weighted by Gasteiger charge is 2.20. The van der Waals surface area contributed by atoms with E-state index in [1.54, 1.807) is 28.9 Å². The second-order valence-electron chi connectivity index (χ2n) is 5.76. The van der Waals surface area contributed by atoms with Crippen LogP contribution in [0.4, 0.5) is 0 Å². The van der Waals surface area contributed by atoms with Crippen molar-refractivity contribution in [2.75, 3.05) is 0 Å². The zero-order valence-electron chi connectivity index (χ0n) is 13.8. The molecule has 130 valence electrons. The summed E-state index contributed by atoms with van der Waals surface area (Å²) in [6, 6.07) is 15.2. The van der Waals surface area contributed by atoms with Gasteiger partial charge in [0.2, 0.25) is 5.91 Å². The third-order valence-corrected chi connectivity index (χ3v) is 5.55. The number of carbonyl (C=O) groups is 1. The third-order valence-electron chi connectivity index (χ3n) is 3.93. The molecule has 0 aliphatic heterocycles. The molecular formula is C20H16N2O2S2. The summed E-state index contributed by atoms with van der Waals surface area (Å²) in [7, 11) is 0. The van der Waals surface area contributed by atoms with Crippen molar-refractivity contribution in [3.63, 3.8) is 0 Å². The number of thiazole rings is 1. The largest absolute Gasteiger partial charge is 0.467 e. The molecule has 4 nitrogen and oxygen atoms in total. The fourth-order valence-corrected chi connectivity index (χ4v) is 4.24. The summed E-state index contributed by atoms with van der Waals surface area (Å²) in [6.07, 6.45) is 1.86. The van der Waals surface area contributed by atoms with E-state index in [1.807, 2.05) is 59.3 Å². The summed E-state index contributed by atoms with van der Waals surface area (Å²) >= 11 is 3.20. The normalized spacial score (nSPS) is 12.0. The maximum absolute atomic E-state index is 12.6. The van der Waals surface area contributed by atoms with Gasteiger partial charge in [0.1, 0.15) is 16.8 Å². The van der Waals surface area contributed by atoms with Gasteiger partial charge in [-0.15, -0.1) is 11.3 Å². The van der Waals surface area contributed by atoms with Gasteiger partial charge in [-0.25, -0.2) is 4.98 Å². The molecule has 3 heterocycles. The predicted octanol–water partition coefficient (Wildman–Crippen LogP) is 4.91. The van der Waals surface area contributed by atoms with Gasteiger partial charge in [-0.05, 0) is 29.1 Å². The lowest BCUT2D eigenvalue weighted by Gasteiger charge is -2.17. The lowest BCUT2D eigenvalue weighted by molar-refractivity contribution is -0.121. The van der Waals surface area contributed by atoms with Gasteiger partial charge in [-0.1, -0.05) is 30.3 Å². The molecule has 6 heteroatoms. The van der Waals surface area contributed by atoms with E-state index in [-0.39, 0.29) is 18.4 Å². The minimum atomic E-state index is -0.311. The zero-order chi connectivity index (χ0) is 17.8. The smallest absolute Gasteiger partial charge is 0.226 e. The van der Waals surface area contributed by atoms with Gasteiger partial charge in [0.05, 0.1) is 18.4 Å². The number of hydrogen-bond donors (Lipinski definition) is 1. The van der Waals surface area contributed by atoms with Crippen LogP contribution < -0.4 is 5.32 Å². The third kappa shape index (κ3) is 3.76. The second-order valence-corrected chi connectivity index (χ2v) is 7.40. The first-order valence-corrected chi connectivity index (χ1v) is 9.96. The van der Waals surface area contributed by atoms with Gasteiger partial charge in [-0.2, -0.15) is 11.3 Å². The standard InChI is InChI=1S/C20H16N2O2S2/c23-18(11-16-13-26-20(21-16)15-8-10-25-12-15)22-19(17-7-4-9-24-17)14-5-2-1-3-6-14/h1-10,12-13,19H,11H2,(H,22,23)/t19-/m1/s1. The number of hydrogen-bond acceptors (Lipinski definition) is 5. The lowest BCUT2D eigenvalue weighted by Crippen LogP contribution is -2.30. The maximum Gasteiger partial charge on any atom is 0.226 e. The topological polar surface area (TPSA) is 55.1 Å². The molecule has 0 aliphatic carbocycles. The molecule has 4 aromatic rings. The average molecular weight is 380 g/mol. The summed E-state index contributed by atoms with van der Waals surface area (Å²) in [6.45, 7) is 0. The van der Waals surface area contributed by atoms with Crippen LogP contribution in [0.2, 0.25) is 0 Å². The van der Waals surface area contributed by atoms with Crippen molar-refractivity contribution in [3.8, 4) is 10.6 Å². The maximum atomic E-state index is 12.6. The lowest BCUT2D eigenvalue weighted by atomic mass is 10.0. The molecule has 1 atom stereocenters. The van der Waals surface area contributed by atoms with Crippen LogP contribution in [-0.4, -0.2) is 10.9 Å². The highest BCUT2D eigenvalue weighted by molar-refractivity contribution is 7.14. The van der Waals surface area contributed by atoms with Gasteiger partial charge in [0.15, 0.2) is 0 Å². The molecule has 3 aromatic heterocycles. The van der Waals surface area contributed by atoms with E-state index in [9.17, 15) is 4.79 Å². The Labute approximate surface area is 159 Å². The Kier molecular flexibility index (Phi) is 4.95. The van der Waals surface area contributed by atoms with Crippen molar-refractivity contribution < 1.29 is 9.21 Å². The van der Waals surface area contributed by atoms with Gasteiger partial charge in [-0.3, -0.25) is 4.79 Å². The van der Waals surface area contributed by atoms with E-state index < -0.39 is 0 Å². The van der Waals surface area contributed by atoms with Crippen molar-refractivity contribution in [1.82, 2.24) is 10.3 Å². The van der Waals surface area contributed by atoms with Crippen molar-refractivity contribution in [3.05, 3.63) is 88.0 Å². The number of thiophene rings is 1. The number of carbonyl (C=O) groups excluding carboxylic acids is 1. The average Bonchev–Trinajstić information content (AvgIpc) is 3.41. The first-order chi connectivity index (χ1) is 12.8. The van der Waals surface area contributed by atoms with Gasteiger partial charge < -0.3 is 9.73 Å². The minimum absolute atomic E-state index is 0.0857. The fraction of sp³-hybridized carbons (Fsp3) is 0.100.